The molecule has 0 bridgehead atoms. The van der Waals surface area contributed by atoms with Crippen molar-refractivity contribution in [3.8, 4) is 5.75 Å². The Morgan fingerprint density at radius 2 is 1.86 bits per heavy atom. The SMILES string of the molecule is CC1(C)CCCC(C)(n2c(Nc3ccc(OC(F)(F)F)cc3)nc3cc(CCC(=O)O)ccc32)C1. The molecule has 0 aliphatic heterocycles. The molecule has 35 heavy (non-hydrogen) atoms. The van der Waals surface area contributed by atoms with Gasteiger partial charge in [-0.2, -0.15) is 0 Å². The van der Waals surface area contributed by atoms with E-state index in [2.05, 4.69) is 35.4 Å². The van der Waals surface area contributed by atoms with Gasteiger partial charge in [-0.05, 0) is 80.0 Å². The van der Waals surface area contributed by atoms with Crippen LogP contribution in [0.15, 0.2) is 42.5 Å². The van der Waals surface area contributed by atoms with E-state index in [-0.39, 0.29) is 23.1 Å². The maximum absolute atomic E-state index is 12.5. The monoisotopic (exact) mass is 489 g/mol. The van der Waals surface area contributed by atoms with E-state index in [4.69, 9.17) is 10.1 Å². The van der Waals surface area contributed by atoms with Crippen LogP contribution in [0.5, 0.6) is 5.75 Å². The van der Waals surface area contributed by atoms with E-state index in [1.54, 1.807) is 0 Å². The number of alkyl halides is 3. The molecule has 1 fully saturated rings. The molecular weight excluding hydrogens is 459 g/mol. The number of nitrogens with one attached hydrogen (secondary N) is 1. The highest BCUT2D eigenvalue weighted by atomic mass is 19.4. The summed E-state index contributed by atoms with van der Waals surface area (Å²) >= 11 is 0. The van der Waals surface area contributed by atoms with Gasteiger partial charge in [-0.25, -0.2) is 4.98 Å². The molecule has 9 heteroatoms. The fourth-order valence-corrected chi connectivity index (χ4v) is 5.38. The molecule has 0 amide bonds. The van der Waals surface area contributed by atoms with Crippen molar-refractivity contribution < 1.29 is 27.8 Å². The van der Waals surface area contributed by atoms with Gasteiger partial charge in [0.05, 0.1) is 11.0 Å². The minimum atomic E-state index is -4.75. The van der Waals surface area contributed by atoms with Crippen LogP contribution in [0.1, 0.15) is 58.4 Å². The normalized spacial score (nSPS) is 20.1. The molecule has 188 valence electrons. The van der Waals surface area contributed by atoms with Gasteiger partial charge in [0.15, 0.2) is 0 Å². The summed E-state index contributed by atoms with van der Waals surface area (Å²) in [4.78, 5) is 15.8. The summed E-state index contributed by atoms with van der Waals surface area (Å²) in [5.74, 6) is -0.548. The van der Waals surface area contributed by atoms with Crippen LogP contribution in [0.25, 0.3) is 11.0 Å². The van der Waals surface area contributed by atoms with Crippen LogP contribution in [0.3, 0.4) is 0 Å². The number of aryl methyl sites for hydroxylation is 1. The average Bonchev–Trinajstić information content (AvgIpc) is 3.09. The van der Waals surface area contributed by atoms with Crippen molar-refractivity contribution in [2.24, 2.45) is 5.41 Å². The van der Waals surface area contributed by atoms with Crippen LogP contribution in [-0.4, -0.2) is 27.0 Å². The lowest BCUT2D eigenvalue weighted by Crippen LogP contribution is -2.39. The Labute approximate surface area is 202 Å². The molecular formula is C26H30F3N3O3. The number of benzene rings is 2. The maximum atomic E-state index is 12.5. The van der Waals surface area contributed by atoms with E-state index in [1.807, 2.05) is 18.2 Å². The number of halogens is 3. The topological polar surface area (TPSA) is 76.4 Å². The summed E-state index contributed by atoms with van der Waals surface area (Å²) in [5, 5.41) is 12.3. The number of ether oxygens (including phenoxy) is 1. The van der Waals surface area contributed by atoms with Crippen molar-refractivity contribution in [3.05, 3.63) is 48.0 Å². The zero-order valence-corrected chi connectivity index (χ0v) is 20.1. The number of carboxylic acid groups (broad SMARTS) is 1. The van der Waals surface area contributed by atoms with Gasteiger partial charge in [-0.1, -0.05) is 26.3 Å². The molecule has 2 aromatic carbocycles. The van der Waals surface area contributed by atoms with Crippen molar-refractivity contribution >= 4 is 28.6 Å². The molecule has 1 unspecified atom stereocenters. The lowest BCUT2D eigenvalue weighted by atomic mass is 9.68. The quantitative estimate of drug-likeness (QED) is 0.373. The molecule has 0 spiro atoms. The van der Waals surface area contributed by atoms with Gasteiger partial charge in [0.1, 0.15) is 5.75 Å². The Bertz CT molecular complexity index is 1220. The Balaban J connectivity index is 1.73. The molecule has 1 atom stereocenters. The first kappa shape index (κ1) is 24.9. The smallest absolute Gasteiger partial charge is 0.481 e. The van der Waals surface area contributed by atoms with Gasteiger partial charge in [0, 0.05) is 17.6 Å². The predicted octanol–water partition coefficient (Wildman–Crippen LogP) is 7.01. The summed E-state index contributed by atoms with van der Waals surface area (Å²) < 4.78 is 43.7. The summed E-state index contributed by atoms with van der Waals surface area (Å²) in [6.07, 6.45) is -0.180. The van der Waals surface area contributed by atoms with Crippen molar-refractivity contribution in [2.45, 2.75) is 71.2 Å². The third kappa shape index (κ3) is 5.89. The summed E-state index contributed by atoms with van der Waals surface area (Å²) in [5.41, 5.74) is 3.08. The number of aromatic nitrogens is 2. The second kappa shape index (κ2) is 9.09. The molecule has 1 aliphatic carbocycles. The van der Waals surface area contributed by atoms with E-state index in [1.165, 1.54) is 24.3 Å². The van der Waals surface area contributed by atoms with Gasteiger partial charge in [-0.3, -0.25) is 4.79 Å². The Morgan fingerprint density at radius 3 is 2.49 bits per heavy atom. The number of carbonyl (C=O) groups is 1. The standard InChI is InChI=1S/C26H30F3N3O3/c1-24(2)13-4-14-25(3,16-24)32-21-11-5-17(6-12-22(33)34)15-20(21)31-23(32)30-18-7-9-19(10-8-18)35-26(27,28)29/h5,7-11,15H,4,6,12-14,16H2,1-3H3,(H,30,31)(H,33,34). The Morgan fingerprint density at radius 1 is 1.14 bits per heavy atom. The first-order valence-corrected chi connectivity index (χ1v) is 11.7. The molecule has 1 aliphatic rings. The average molecular weight is 490 g/mol. The van der Waals surface area contributed by atoms with Crippen molar-refractivity contribution in [1.29, 1.82) is 0 Å². The van der Waals surface area contributed by atoms with E-state index in [9.17, 15) is 18.0 Å². The summed E-state index contributed by atoms with van der Waals surface area (Å²) in [6.45, 7) is 6.75. The van der Waals surface area contributed by atoms with Crippen molar-refractivity contribution in [2.75, 3.05) is 5.32 Å². The maximum Gasteiger partial charge on any atom is 0.573 e. The number of carboxylic acids is 1. The van der Waals surface area contributed by atoms with Crippen LogP contribution in [-0.2, 0) is 16.8 Å². The number of aliphatic carboxylic acids is 1. The summed E-state index contributed by atoms with van der Waals surface area (Å²) in [7, 11) is 0. The molecule has 0 saturated heterocycles. The number of fused-ring (bicyclic) bond motifs is 1. The minimum absolute atomic E-state index is 0.0373. The van der Waals surface area contributed by atoms with Gasteiger partial charge in [0.25, 0.3) is 0 Å². The first-order chi connectivity index (χ1) is 16.3. The number of rotatable bonds is 7. The highest BCUT2D eigenvalue weighted by Gasteiger charge is 2.40. The fraction of sp³-hybridized carbons (Fsp3) is 0.462. The minimum Gasteiger partial charge on any atom is -0.481 e. The Hall–Kier alpha value is -3.23. The molecule has 2 N–H and O–H groups in total. The highest BCUT2D eigenvalue weighted by Crippen LogP contribution is 2.47. The molecule has 1 aromatic heterocycles. The van der Waals surface area contributed by atoms with Crippen LogP contribution >= 0.6 is 0 Å². The Kier molecular flexibility index (Phi) is 6.46. The third-order valence-electron chi connectivity index (χ3n) is 6.66. The van der Waals surface area contributed by atoms with Gasteiger partial charge < -0.3 is 19.7 Å². The van der Waals surface area contributed by atoms with E-state index >= 15 is 0 Å². The second-order valence-corrected chi connectivity index (χ2v) is 10.4. The number of nitrogens with zero attached hydrogens (tertiary/aromatic N) is 2. The fourth-order valence-electron chi connectivity index (χ4n) is 5.38. The largest absolute Gasteiger partial charge is 0.573 e. The first-order valence-electron chi connectivity index (χ1n) is 11.7. The molecule has 1 heterocycles. The van der Waals surface area contributed by atoms with E-state index in [0.717, 1.165) is 42.3 Å². The number of hydrogen-bond donors (Lipinski definition) is 2. The molecule has 6 nitrogen and oxygen atoms in total. The zero-order valence-electron chi connectivity index (χ0n) is 20.1. The molecule has 3 aromatic rings. The van der Waals surface area contributed by atoms with Gasteiger partial charge >= 0.3 is 12.3 Å². The predicted molar refractivity (Wildman–Crippen MR) is 128 cm³/mol. The highest BCUT2D eigenvalue weighted by molar-refractivity contribution is 5.81. The van der Waals surface area contributed by atoms with E-state index in [0.29, 0.717) is 18.1 Å². The molecule has 4 rings (SSSR count). The van der Waals surface area contributed by atoms with Gasteiger partial charge in [-0.15, -0.1) is 13.2 Å². The van der Waals surface area contributed by atoms with Crippen LogP contribution in [0.2, 0.25) is 0 Å². The molecule has 0 radical (unpaired) electrons. The van der Waals surface area contributed by atoms with E-state index < -0.39 is 12.3 Å². The van der Waals surface area contributed by atoms with Crippen LogP contribution < -0.4 is 10.1 Å². The van der Waals surface area contributed by atoms with Gasteiger partial charge in [0.2, 0.25) is 5.95 Å². The number of anilines is 2. The third-order valence-corrected chi connectivity index (χ3v) is 6.66. The van der Waals surface area contributed by atoms with Crippen LogP contribution in [0, 0.1) is 5.41 Å². The van der Waals surface area contributed by atoms with Crippen molar-refractivity contribution in [1.82, 2.24) is 9.55 Å². The molecule has 1 saturated carbocycles. The second-order valence-electron chi connectivity index (χ2n) is 10.4. The summed E-state index contributed by atoms with van der Waals surface area (Å²) in [6, 6.07) is 11.4. The lowest BCUT2D eigenvalue weighted by Gasteiger charge is -2.44. The number of imidazole rings is 1. The zero-order chi connectivity index (χ0) is 25.4. The van der Waals surface area contributed by atoms with Crippen LogP contribution in [0.4, 0.5) is 24.8 Å². The lowest BCUT2D eigenvalue weighted by molar-refractivity contribution is -0.274. The number of hydrogen-bond acceptors (Lipinski definition) is 4. The van der Waals surface area contributed by atoms with Crippen molar-refractivity contribution in [3.63, 3.8) is 0 Å².